The van der Waals surface area contributed by atoms with Crippen LogP contribution in [0.15, 0.2) is 24.3 Å². The molecule has 0 bridgehead atoms. The van der Waals surface area contributed by atoms with Crippen LogP contribution in [0.1, 0.15) is 5.56 Å². The Kier molecular flexibility index (Phi) is 5.74. The lowest BCUT2D eigenvalue weighted by atomic mass is 9.77. The van der Waals surface area contributed by atoms with Crippen molar-refractivity contribution in [1.29, 1.82) is 0 Å². The van der Waals surface area contributed by atoms with Gasteiger partial charge in [-0.05, 0) is 18.1 Å². The SMILES string of the molecule is CNCc1ccccc1B(O)O.Cl. The third-order valence-corrected chi connectivity index (χ3v) is 1.70. The van der Waals surface area contributed by atoms with E-state index in [1.165, 1.54) is 0 Å². The summed E-state index contributed by atoms with van der Waals surface area (Å²) in [5, 5.41) is 20.9. The molecule has 0 saturated heterocycles. The summed E-state index contributed by atoms with van der Waals surface area (Å²) in [7, 11) is 0.440. The Morgan fingerprint density at radius 3 is 2.46 bits per heavy atom. The first kappa shape index (κ1) is 12.5. The molecule has 0 unspecified atom stereocenters. The van der Waals surface area contributed by atoms with E-state index in [2.05, 4.69) is 5.32 Å². The molecule has 0 amide bonds. The Hall–Kier alpha value is -0.545. The molecule has 1 rings (SSSR count). The van der Waals surface area contributed by atoms with Crippen LogP contribution in [0, 0.1) is 0 Å². The molecular formula is C8H13BClNO2. The van der Waals surface area contributed by atoms with Crippen molar-refractivity contribution < 1.29 is 10.0 Å². The number of halogens is 1. The van der Waals surface area contributed by atoms with Crippen LogP contribution in [-0.2, 0) is 6.54 Å². The summed E-state index contributed by atoms with van der Waals surface area (Å²) in [4.78, 5) is 0. The molecule has 1 aromatic rings. The smallest absolute Gasteiger partial charge is 0.423 e. The van der Waals surface area contributed by atoms with Crippen molar-refractivity contribution in [3.63, 3.8) is 0 Å². The summed E-state index contributed by atoms with van der Waals surface area (Å²) in [5.41, 5.74) is 1.47. The van der Waals surface area contributed by atoms with Crippen LogP contribution in [0.25, 0.3) is 0 Å². The molecule has 0 saturated carbocycles. The number of nitrogens with one attached hydrogen (secondary N) is 1. The molecule has 13 heavy (non-hydrogen) atoms. The van der Waals surface area contributed by atoms with E-state index in [-0.39, 0.29) is 12.4 Å². The Balaban J connectivity index is 0.00000144. The van der Waals surface area contributed by atoms with Crippen LogP contribution < -0.4 is 10.8 Å². The van der Waals surface area contributed by atoms with Gasteiger partial charge in [-0.2, -0.15) is 0 Å². The molecule has 0 radical (unpaired) electrons. The highest BCUT2D eigenvalue weighted by molar-refractivity contribution is 6.59. The van der Waals surface area contributed by atoms with E-state index < -0.39 is 7.12 Å². The molecule has 0 spiro atoms. The summed E-state index contributed by atoms with van der Waals surface area (Å²) >= 11 is 0. The zero-order valence-corrected chi connectivity index (χ0v) is 8.21. The number of hydrogen-bond acceptors (Lipinski definition) is 3. The van der Waals surface area contributed by atoms with Gasteiger partial charge in [0, 0.05) is 6.54 Å². The molecule has 3 N–H and O–H groups in total. The molecule has 3 nitrogen and oxygen atoms in total. The predicted molar refractivity (Wildman–Crippen MR) is 56.3 cm³/mol. The molecule has 0 aromatic heterocycles. The Morgan fingerprint density at radius 2 is 1.92 bits per heavy atom. The maximum absolute atomic E-state index is 8.96. The van der Waals surface area contributed by atoms with Crippen molar-refractivity contribution in [2.45, 2.75) is 6.54 Å². The molecule has 0 atom stereocenters. The van der Waals surface area contributed by atoms with Crippen molar-refractivity contribution in [2.24, 2.45) is 0 Å². The van der Waals surface area contributed by atoms with Gasteiger partial charge < -0.3 is 15.4 Å². The summed E-state index contributed by atoms with van der Waals surface area (Å²) in [6, 6.07) is 7.23. The fourth-order valence-electron chi connectivity index (χ4n) is 1.14. The lowest BCUT2D eigenvalue weighted by Gasteiger charge is -2.06. The Morgan fingerprint density at radius 1 is 1.31 bits per heavy atom. The second-order valence-corrected chi connectivity index (χ2v) is 2.60. The van der Waals surface area contributed by atoms with Crippen LogP contribution >= 0.6 is 12.4 Å². The maximum Gasteiger partial charge on any atom is 0.488 e. The van der Waals surface area contributed by atoms with E-state index >= 15 is 0 Å². The van der Waals surface area contributed by atoms with Gasteiger partial charge in [0.15, 0.2) is 0 Å². The fraction of sp³-hybridized carbons (Fsp3) is 0.250. The lowest BCUT2D eigenvalue weighted by Crippen LogP contribution is -2.34. The minimum atomic E-state index is -1.38. The van der Waals surface area contributed by atoms with Gasteiger partial charge in [-0.15, -0.1) is 12.4 Å². The van der Waals surface area contributed by atoms with Crippen LogP contribution in [0.2, 0.25) is 0 Å². The molecule has 0 fully saturated rings. The van der Waals surface area contributed by atoms with E-state index in [9.17, 15) is 0 Å². The van der Waals surface area contributed by atoms with E-state index in [4.69, 9.17) is 10.0 Å². The van der Waals surface area contributed by atoms with Crippen LogP contribution in [0.4, 0.5) is 0 Å². The van der Waals surface area contributed by atoms with E-state index in [0.29, 0.717) is 12.0 Å². The Bertz CT molecular complexity index is 258. The second-order valence-electron chi connectivity index (χ2n) is 2.60. The highest BCUT2D eigenvalue weighted by Gasteiger charge is 2.13. The molecule has 0 aliphatic heterocycles. The van der Waals surface area contributed by atoms with Gasteiger partial charge in [-0.25, -0.2) is 0 Å². The lowest BCUT2D eigenvalue weighted by molar-refractivity contribution is 0.425. The van der Waals surface area contributed by atoms with Gasteiger partial charge in [0.2, 0.25) is 0 Å². The summed E-state index contributed by atoms with van der Waals surface area (Å²) in [6.07, 6.45) is 0. The van der Waals surface area contributed by atoms with Crippen LogP contribution in [-0.4, -0.2) is 24.2 Å². The van der Waals surface area contributed by atoms with Crippen molar-refractivity contribution in [1.82, 2.24) is 5.32 Å². The van der Waals surface area contributed by atoms with Crippen LogP contribution in [0.5, 0.6) is 0 Å². The summed E-state index contributed by atoms with van der Waals surface area (Å²) in [5.74, 6) is 0. The van der Waals surface area contributed by atoms with Crippen molar-refractivity contribution in [2.75, 3.05) is 7.05 Å². The van der Waals surface area contributed by atoms with Gasteiger partial charge in [0.05, 0.1) is 0 Å². The van der Waals surface area contributed by atoms with Gasteiger partial charge in [-0.1, -0.05) is 24.3 Å². The monoisotopic (exact) mass is 201 g/mol. The van der Waals surface area contributed by atoms with Crippen molar-refractivity contribution in [3.8, 4) is 0 Å². The van der Waals surface area contributed by atoms with Gasteiger partial charge in [0.1, 0.15) is 0 Å². The zero-order valence-electron chi connectivity index (χ0n) is 7.40. The summed E-state index contributed by atoms with van der Waals surface area (Å²) in [6.45, 7) is 0.647. The normalized spacial score (nSPS) is 9.15. The van der Waals surface area contributed by atoms with E-state index in [0.717, 1.165) is 5.56 Å². The third-order valence-electron chi connectivity index (χ3n) is 1.70. The first-order chi connectivity index (χ1) is 5.75. The molecule has 0 heterocycles. The van der Waals surface area contributed by atoms with Crippen molar-refractivity contribution >= 4 is 25.0 Å². The molecule has 5 heteroatoms. The third kappa shape index (κ3) is 3.36. The van der Waals surface area contributed by atoms with Crippen molar-refractivity contribution in [3.05, 3.63) is 29.8 Å². The molecular weight excluding hydrogens is 188 g/mol. The number of benzene rings is 1. The van der Waals surface area contributed by atoms with Gasteiger partial charge in [-0.3, -0.25) is 0 Å². The Labute approximate surface area is 84.3 Å². The van der Waals surface area contributed by atoms with E-state index in [1.807, 2.05) is 19.2 Å². The number of rotatable bonds is 3. The predicted octanol–water partition coefficient (Wildman–Crippen LogP) is -0.492. The maximum atomic E-state index is 8.96. The second kappa shape index (κ2) is 5.99. The standard InChI is InChI=1S/C8H12BNO2.ClH/c1-10-6-7-4-2-3-5-8(7)9(11)12;/h2-5,10-12H,6H2,1H3;1H. The summed E-state index contributed by atoms with van der Waals surface area (Å²) < 4.78 is 0. The molecule has 0 aliphatic carbocycles. The van der Waals surface area contributed by atoms with E-state index in [1.54, 1.807) is 12.1 Å². The first-order valence-electron chi connectivity index (χ1n) is 3.84. The van der Waals surface area contributed by atoms with Gasteiger partial charge in [0.25, 0.3) is 0 Å². The number of hydrogen-bond donors (Lipinski definition) is 3. The average Bonchev–Trinajstić information content (AvgIpc) is 2.05. The molecule has 72 valence electrons. The highest BCUT2D eigenvalue weighted by atomic mass is 35.5. The minimum absolute atomic E-state index is 0. The zero-order chi connectivity index (χ0) is 8.97. The molecule has 1 aromatic carbocycles. The quantitative estimate of drug-likeness (QED) is 0.579. The first-order valence-corrected chi connectivity index (χ1v) is 3.84. The topological polar surface area (TPSA) is 52.5 Å². The highest BCUT2D eigenvalue weighted by Crippen LogP contribution is 1.95. The average molecular weight is 201 g/mol. The van der Waals surface area contributed by atoms with Gasteiger partial charge >= 0.3 is 7.12 Å². The fourth-order valence-corrected chi connectivity index (χ4v) is 1.14. The van der Waals surface area contributed by atoms with Crippen LogP contribution in [0.3, 0.4) is 0 Å². The minimum Gasteiger partial charge on any atom is -0.423 e. The molecule has 0 aliphatic rings. The largest absolute Gasteiger partial charge is 0.488 e.